The van der Waals surface area contributed by atoms with E-state index in [2.05, 4.69) is 49.2 Å². The number of aryl methyl sites for hydroxylation is 1. The summed E-state index contributed by atoms with van der Waals surface area (Å²) in [7, 11) is -3.35. The van der Waals surface area contributed by atoms with Gasteiger partial charge in [-0.05, 0) is 55.0 Å². The van der Waals surface area contributed by atoms with Gasteiger partial charge in [-0.25, -0.2) is 8.42 Å². The molecule has 0 bridgehead atoms. The van der Waals surface area contributed by atoms with Gasteiger partial charge in [0.2, 0.25) is 0 Å². The molecule has 0 aliphatic rings. The molecule has 0 aliphatic heterocycles. The van der Waals surface area contributed by atoms with Gasteiger partial charge in [-0.1, -0.05) is 61.0 Å². The monoisotopic (exact) mass is 422 g/mol. The first kappa shape index (κ1) is 21.4. The molecule has 0 fully saturated rings. The second-order valence-electron chi connectivity index (χ2n) is 7.30. The third-order valence-corrected chi connectivity index (χ3v) is 9.09. The Kier molecular flexibility index (Phi) is 6.95. The van der Waals surface area contributed by atoms with E-state index in [-0.39, 0.29) is 0 Å². The summed E-state index contributed by atoms with van der Waals surface area (Å²) in [5.74, 6) is 2.56. The van der Waals surface area contributed by atoms with Crippen molar-refractivity contribution in [1.29, 1.82) is 0 Å². The summed E-state index contributed by atoms with van der Waals surface area (Å²) in [6.07, 6.45) is 7.75. The van der Waals surface area contributed by atoms with Gasteiger partial charge in [0, 0.05) is 11.3 Å². The molecular formula is C25H26O2S2. The van der Waals surface area contributed by atoms with Crippen LogP contribution in [0.2, 0.25) is 0 Å². The second kappa shape index (κ2) is 9.43. The highest BCUT2D eigenvalue weighted by molar-refractivity contribution is 7.94. The normalized spacial score (nSPS) is 12.4. The molecule has 3 aromatic rings. The highest BCUT2D eigenvalue weighted by Gasteiger charge is 2.27. The molecule has 2 nitrogen and oxygen atoms in total. The molecule has 4 heteroatoms. The number of rotatable bonds is 8. The van der Waals surface area contributed by atoms with Gasteiger partial charge in [-0.15, -0.1) is 23.7 Å². The third kappa shape index (κ3) is 5.18. The summed E-state index contributed by atoms with van der Waals surface area (Å²) < 4.78 is 26.4. The maximum absolute atomic E-state index is 13.0. The zero-order valence-electron chi connectivity index (χ0n) is 16.9. The van der Waals surface area contributed by atoms with Gasteiger partial charge in [0.15, 0.2) is 9.84 Å². The highest BCUT2D eigenvalue weighted by Crippen LogP contribution is 2.34. The van der Waals surface area contributed by atoms with Crippen LogP contribution in [-0.4, -0.2) is 13.7 Å². The number of terminal acetylenes is 1. The summed E-state index contributed by atoms with van der Waals surface area (Å²) in [6, 6.07) is 20.5. The van der Waals surface area contributed by atoms with E-state index in [1.165, 1.54) is 28.0 Å². The van der Waals surface area contributed by atoms with E-state index >= 15 is 0 Å². The minimum atomic E-state index is -3.35. The van der Waals surface area contributed by atoms with Crippen LogP contribution in [0, 0.1) is 19.3 Å². The van der Waals surface area contributed by atoms with Crippen molar-refractivity contribution in [3.05, 3.63) is 77.4 Å². The zero-order chi connectivity index (χ0) is 20.9. The Morgan fingerprint density at radius 2 is 1.76 bits per heavy atom. The van der Waals surface area contributed by atoms with Gasteiger partial charge in [0.25, 0.3) is 0 Å². The lowest BCUT2D eigenvalue weighted by Gasteiger charge is -2.13. The van der Waals surface area contributed by atoms with E-state index in [1.807, 2.05) is 25.1 Å². The highest BCUT2D eigenvalue weighted by atomic mass is 32.2. The maximum atomic E-state index is 13.0. The molecule has 1 heterocycles. The number of hydrogen-bond donors (Lipinski definition) is 0. The Morgan fingerprint density at radius 3 is 2.45 bits per heavy atom. The van der Waals surface area contributed by atoms with Crippen molar-refractivity contribution in [2.45, 2.75) is 49.0 Å². The van der Waals surface area contributed by atoms with Crippen molar-refractivity contribution in [2.75, 3.05) is 0 Å². The van der Waals surface area contributed by atoms with Gasteiger partial charge in [0.1, 0.15) is 4.21 Å². The quantitative estimate of drug-likeness (QED) is 0.400. The third-order valence-electron chi connectivity index (χ3n) is 5.07. The molecule has 0 spiro atoms. The average Bonchev–Trinajstić information content (AvgIpc) is 3.20. The van der Waals surface area contributed by atoms with Gasteiger partial charge in [0.05, 0.1) is 5.25 Å². The smallest absolute Gasteiger partial charge is 0.190 e. The van der Waals surface area contributed by atoms with E-state index in [0.29, 0.717) is 23.5 Å². The van der Waals surface area contributed by atoms with Crippen LogP contribution in [0.4, 0.5) is 0 Å². The number of sulfone groups is 1. The van der Waals surface area contributed by atoms with Crippen LogP contribution in [0.3, 0.4) is 0 Å². The Hall–Kier alpha value is -2.35. The van der Waals surface area contributed by atoms with Crippen LogP contribution in [0.15, 0.2) is 64.9 Å². The SMILES string of the molecule is C#CCCC(CC)S(=O)(=O)c1ccc(-c2cccc(Cc3cccc(C)c3)c2)s1. The van der Waals surface area contributed by atoms with Crippen LogP contribution in [0.5, 0.6) is 0 Å². The van der Waals surface area contributed by atoms with Crippen molar-refractivity contribution in [3.63, 3.8) is 0 Å². The minimum absolute atomic E-state index is 0.419. The van der Waals surface area contributed by atoms with E-state index in [1.54, 1.807) is 6.07 Å². The van der Waals surface area contributed by atoms with E-state index in [4.69, 9.17) is 6.42 Å². The minimum Gasteiger partial charge on any atom is -0.223 e. The summed E-state index contributed by atoms with van der Waals surface area (Å²) in [6.45, 7) is 4.00. The predicted molar refractivity (Wildman–Crippen MR) is 123 cm³/mol. The van der Waals surface area contributed by atoms with Crippen LogP contribution < -0.4 is 0 Å². The number of thiophene rings is 1. The molecule has 1 atom stereocenters. The first-order valence-corrected chi connectivity index (χ1v) is 12.2. The van der Waals surface area contributed by atoms with Crippen LogP contribution in [0.25, 0.3) is 10.4 Å². The lowest BCUT2D eigenvalue weighted by Crippen LogP contribution is -2.19. The molecule has 0 amide bonds. The zero-order valence-corrected chi connectivity index (χ0v) is 18.5. The lowest BCUT2D eigenvalue weighted by atomic mass is 10.0. The summed E-state index contributed by atoms with van der Waals surface area (Å²) in [5.41, 5.74) is 4.79. The summed E-state index contributed by atoms with van der Waals surface area (Å²) >= 11 is 1.35. The van der Waals surface area contributed by atoms with Gasteiger partial charge in [-0.2, -0.15) is 0 Å². The van der Waals surface area contributed by atoms with E-state index in [9.17, 15) is 8.42 Å². The fraction of sp³-hybridized carbons (Fsp3) is 0.280. The molecule has 0 aliphatic carbocycles. The van der Waals surface area contributed by atoms with Crippen LogP contribution >= 0.6 is 11.3 Å². The largest absolute Gasteiger partial charge is 0.223 e. The van der Waals surface area contributed by atoms with E-state index < -0.39 is 15.1 Å². The van der Waals surface area contributed by atoms with Crippen LogP contribution in [-0.2, 0) is 16.3 Å². The second-order valence-corrected chi connectivity index (χ2v) is 10.8. The van der Waals surface area contributed by atoms with Crippen molar-refractivity contribution >= 4 is 21.2 Å². The van der Waals surface area contributed by atoms with Crippen molar-refractivity contribution in [2.24, 2.45) is 0 Å². The van der Waals surface area contributed by atoms with Gasteiger partial charge >= 0.3 is 0 Å². The fourth-order valence-electron chi connectivity index (χ4n) is 3.51. The molecule has 150 valence electrons. The Labute approximate surface area is 178 Å². The van der Waals surface area contributed by atoms with Crippen molar-refractivity contribution in [1.82, 2.24) is 0 Å². The fourth-order valence-corrected chi connectivity index (χ4v) is 6.84. The van der Waals surface area contributed by atoms with Crippen molar-refractivity contribution < 1.29 is 8.42 Å². The first-order valence-electron chi connectivity index (χ1n) is 9.86. The molecule has 0 N–H and O–H groups in total. The van der Waals surface area contributed by atoms with Crippen LogP contribution in [0.1, 0.15) is 42.9 Å². The molecule has 1 unspecified atom stereocenters. The first-order chi connectivity index (χ1) is 13.9. The van der Waals surface area contributed by atoms with Gasteiger partial charge < -0.3 is 0 Å². The lowest BCUT2D eigenvalue weighted by molar-refractivity contribution is 0.570. The molecule has 0 radical (unpaired) electrons. The predicted octanol–water partition coefficient (Wildman–Crippen LogP) is 6.28. The molecule has 3 rings (SSSR count). The molecule has 2 aromatic carbocycles. The maximum Gasteiger partial charge on any atom is 0.190 e. The Morgan fingerprint density at radius 1 is 1.03 bits per heavy atom. The summed E-state index contributed by atoms with van der Waals surface area (Å²) in [4.78, 5) is 0.974. The molecule has 29 heavy (non-hydrogen) atoms. The molecule has 0 saturated carbocycles. The molecular weight excluding hydrogens is 396 g/mol. The molecule has 1 aromatic heterocycles. The average molecular weight is 423 g/mol. The standard InChI is InChI=1S/C25H26O2S2/c1-4-6-13-23(5-2)29(26,27)25-15-14-24(28-25)22-12-8-11-21(18-22)17-20-10-7-9-19(3)16-20/h1,7-12,14-16,18,23H,5-6,13,17H2,2-3H3. The van der Waals surface area contributed by atoms with E-state index in [0.717, 1.165) is 16.9 Å². The number of benzene rings is 2. The Bertz CT molecular complexity index is 1120. The molecule has 0 saturated heterocycles. The topological polar surface area (TPSA) is 34.1 Å². The number of hydrogen-bond acceptors (Lipinski definition) is 3. The van der Waals surface area contributed by atoms with Crippen molar-refractivity contribution in [3.8, 4) is 22.8 Å². The summed E-state index contributed by atoms with van der Waals surface area (Å²) in [5, 5.41) is -0.419. The van der Waals surface area contributed by atoms with Gasteiger partial charge in [-0.3, -0.25) is 0 Å². The Balaban J connectivity index is 1.84.